The van der Waals surface area contributed by atoms with Gasteiger partial charge >= 0.3 is 5.91 Å². The van der Waals surface area contributed by atoms with Crippen LogP contribution in [-0.2, 0) is 16.0 Å². The number of fused-ring (bicyclic) bond motifs is 1. The Hall–Kier alpha value is -3.92. The smallest absolute Gasteiger partial charge is 0.301 e. The molecule has 0 aliphatic carbocycles. The highest BCUT2D eigenvalue weighted by molar-refractivity contribution is 7.15. The summed E-state index contributed by atoms with van der Waals surface area (Å²) in [6.07, 6.45) is 2.61. The first-order valence-corrected chi connectivity index (χ1v) is 13.9. The summed E-state index contributed by atoms with van der Waals surface area (Å²) in [7, 11) is 0. The van der Waals surface area contributed by atoms with Gasteiger partial charge in [-0.25, -0.2) is 0 Å². The Balaban J connectivity index is 1.64. The number of carbonyl (C=O) groups is 2. The molecule has 1 aromatic heterocycles. The molecule has 1 saturated heterocycles. The molecule has 0 bridgehead atoms. The minimum absolute atomic E-state index is 0.0260. The van der Waals surface area contributed by atoms with Crippen molar-refractivity contribution in [1.82, 2.24) is 10.2 Å². The Morgan fingerprint density at radius 1 is 1.13 bits per heavy atom. The Labute approximate surface area is 231 Å². The van der Waals surface area contributed by atoms with Crippen LogP contribution in [0.3, 0.4) is 0 Å². The molecule has 2 aromatic carbocycles. The van der Waals surface area contributed by atoms with Gasteiger partial charge in [0.2, 0.25) is 5.13 Å². The van der Waals surface area contributed by atoms with Gasteiger partial charge in [-0.3, -0.25) is 14.5 Å². The first kappa shape index (κ1) is 26.7. The lowest BCUT2D eigenvalue weighted by atomic mass is 9.94. The summed E-state index contributed by atoms with van der Waals surface area (Å²) in [5, 5.41) is 20.7. The molecule has 2 unspecified atom stereocenters. The number of hydrogen-bond donors (Lipinski definition) is 1. The summed E-state index contributed by atoms with van der Waals surface area (Å²) < 4.78 is 17.6. The summed E-state index contributed by atoms with van der Waals surface area (Å²) in [6.45, 7) is 8.65. The number of anilines is 1. The fourth-order valence-electron chi connectivity index (χ4n) is 4.86. The van der Waals surface area contributed by atoms with Gasteiger partial charge in [0.25, 0.3) is 5.78 Å². The van der Waals surface area contributed by atoms with Gasteiger partial charge in [-0.1, -0.05) is 30.7 Å². The zero-order valence-electron chi connectivity index (χ0n) is 22.4. The number of aryl methyl sites for hydroxylation is 1. The zero-order valence-corrected chi connectivity index (χ0v) is 23.2. The highest BCUT2D eigenvalue weighted by Gasteiger charge is 2.48. The van der Waals surface area contributed by atoms with Gasteiger partial charge in [0.05, 0.1) is 24.8 Å². The van der Waals surface area contributed by atoms with E-state index >= 15 is 0 Å². The van der Waals surface area contributed by atoms with Crippen molar-refractivity contribution in [1.29, 1.82) is 0 Å². The van der Waals surface area contributed by atoms with Gasteiger partial charge in [0.15, 0.2) is 11.5 Å². The molecule has 1 N–H and O–H groups in total. The number of benzene rings is 2. The molecule has 2 atom stereocenters. The molecule has 1 fully saturated rings. The Morgan fingerprint density at radius 2 is 1.95 bits per heavy atom. The van der Waals surface area contributed by atoms with Crippen LogP contribution in [0, 0.1) is 6.92 Å². The van der Waals surface area contributed by atoms with Crippen molar-refractivity contribution >= 4 is 33.9 Å². The van der Waals surface area contributed by atoms with Crippen LogP contribution in [0.1, 0.15) is 61.4 Å². The highest BCUT2D eigenvalue weighted by Crippen LogP contribution is 2.45. The number of unbranched alkanes of at least 4 members (excludes halogenated alkanes) is 1. The number of ketones is 1. The van der Waals surface area contributed by atoms with Crippen molar-refractivity contribution in [3.8, 4) is 17.2 Å². The third-order valence-corrected chi connectivity index (χ3v) is 7.51. The van der Waals surface area contributed by atoms with Crippen LogP contribution in [-0.4, -0.2) is 46.3 Å². The van der Waals surface area contributed by atoms with Crippen LogP contribution in [0.2, 0.25) is 0 Å². The predicted octanol–water partition coefficient (Wildman–Crippen LogP) is 5.37. The van der Waals surface area contributed by atoms with Crippen LogP contribution in [0.25, 0.3) is 5.76 Å². The molecule has 3 aromatic rings. The SMILES string of the molecule is CCCCOc1ccc(C2/C(=C(\O)c3ccc4c(c3)CC(C)O4)C(=O)C(=O)N2c2nnc(C)s2)cc1OCC. The molecule has 0 saturated carbocycles. The monoisotopic (exact) mass is 549 g/mol. The summed E-state index contributed by atoms with van der Waals surface area (Å²) >= 11 is 1.20. The Morgan fingerprint density at radius 3 is 2.67 bits per heavy atom. The number of hydrogen-bond acceptors (Lipinski definition) is 9. The number of aliphatic hydroxyl groups is 1. The lowest BCUT2D eigenvalue weighted by Crippen LogP contribution is -2.29. The van der Waals surface area contributed by atoms with E-state index in [0.717, 1.165) is 24.2 Å². The molecule has 2 aliphatic rings. The summed E-state index contributed by atoms with van der Waals surface area (Å²) in [4.78, 5) is 28.2. The molecule has 204 valence electrons. The first-order chi connectivity index (χ1) is 18.8. The van der Waals surface area contributed by atoms with E-state index in [-0.39, 0.29) is 22.6 Å². The average Bonchev–Trinajstić information content (AvgIpc) is 3.59. The normalized spacial score (nSPS) is 19.7. The van der Waals surface area contributed by atoms with Crippen molar-refractivity contribution in [2.24, 2.45) is 0 Å². The molecule has 3 heterocycles. The van der Waals surface area contributed by atoms with Gasteiger partial charge in [-0.2, -0.15) is 0 Å². The molecule has 5 rings (SSSR count). The maximum Gasteiger partial charge on any atom is 0.301 e. The third kappa shape index (κ3) is 5.08. The van der Waals surface area contributed by atoms with Crippen molar-refractivity contribution < 1.29 is 28.9 Å². The first-order valence-electron chi connectivity index (χ1n) is 13.1. The van der Waals surface area contributed by atoms with E-state index in [0.29, 0.717) is 47.3 Å². The number of carbonyl (C=O) groups excluding carboxylic acids is 2. The quantitative estimate of drug-likeness (QED) is 0.164. The minimum atomic E-state index is -0.940. The lowest BCUT2D eigenvalue weighted by Gasteiger charge is -2.23. The summed E-state index contributed by atoms with van der Waals surface area (Å²) in [5.41, 5.74) is 1.92. The number of aromatic nitrogens is 2. The van der Waals surface area contributed by atoms with E-state index in [1.54, 1.807) is 37.3 Å². The van der Waals surface area contributed by atoms with Gasteiger partial charge < -0.3 is 19.3 Å². The van der Waals surface area contributed by atoms with Crippen LogP contribution in [0.5, 0.6) is 17.2 Å². The second kappa shape index (κ2) is 11.1. The molecule has 0 spiro atoms. The van der Waals surface area contributed by atoms with E-state index in [1.165, 1.54) is 16.2 Å². The van der Waals surface area contributed by atoms with Crippen LogP contribution in [0.4, 0.5) is 5.13 Å². The van der Waals surface area contributed by atoms with Crippen molar-refractivity contribution in [2.75, 3.05) is 18.1 Å². The second-order valence-electron chi connectivity index (χ2n) is 9.57. The lowest BCUT2D eigenvalue weighted by molar-refractivity contribution is -0.132. The average molecular weight is 550 g/mol. The largest absolute Gasteiger partial charge is 0.507 e. The highest BCUT2D eigenvalue weighted by atomic mass is 32.1. The number of rotatable bonds is 9. The van der Waals surface area contributed by atoms with E-state index in [1.807, 2.05) is 19.9 Å². The molecule has 9 nitrogen and oxygen atoms in total. The number of Topliss-reactive ketones (excluding diaryl/α,β-unsaturated/α-hetero) is 1. The Kier molecular flexibility index (Phi) is 7.56. The van der Waals surface area contributed by atoms with Crippen molar-refractivity contribution in [2.45, 2.75) is 59.1 Å². The fourth-order valence-corrected chi connectivity index (χ4v) is 5.58. The summed E-state index contributed by atoms with van der Waals surface area (Å²) in [6, 6.07) is 9.66. The van der Waals surface area contributed by atoms with Crippen molar-refractivity contribution in [3.05, 3.63) is 63.7 Å². The van der Waals surface area contributed by atoms with Gasteiger partial charge in [-0.05, 0) is 68.7 Å². The van der Waals surface area contributed by atoms with Crippen LogP contribution >= 0.6 is 11.3 Å². The predicted molar refractivity (Wildman–Crippen MR) is 148 cm³/mol. The Bertz CT molecular complexity index is 1450. The molecular formula is C29H31N3O6S. The van der Waals surface area contributed by atoms with Crippen LogP contribution in [0.15, 0.2) is 42.0 Å². The van der Waals surface area contributed by atoms with E-state index in [9.17, 15) is 14.7 Å². The molecule has 1 amide bonds. The van der Waals surface area contributed by atoms with Gasteiger partial charge in [0.1, 0.15) is 22.6 Å². The molecule has 0 radical (unpaired) electrons. The standard InChI is InChI=1S/C29H31N3O6S/c1-5-7-12-37-22-11-8-18(15-23(22)36-6-2)25-24(27(34)28(35)32(25)29-31-30-17(4)39-29)26(33)19-9-10-21-20(14-19)13-16(3)38-21/h8-11,14-16,25,33H,5-7,12-13H2,1-4H3/b26-24+. The van der Waals surface area contributed by atoms with E-state index in [2.05, 4.69) is 17.1 Å². The van der Waals surface area contributed by atoms with Gasteiger partial charge in [-0.15, -0.1) is 10.2 Å². The fraction of sp³-hybridized carbons (Fsp3) is 0.379. The number of nitrogens with zero attached hydrogens (tertiary/aromatic N) is 3. The molecular weight excluding hydrogens is 518 g/mol. The number of ether oxygens (including phenoxy) is 3. The summed E-state index contributed by atoms with van der Waals surface area (Å²) in [5.74, 6) is -0.0147. The topological polar surface area (TPSA) is 111 Å². The van der Waals surface area contributed by atoms with Crippen molar-refractivity contribution in [3.63, 3.8) is 0 Å². The van der Waals surface area contributed by atoms with Crippen LogP contribution < -0.4 is 19.1 Å². The molecule has 39 heavy (non-hydrogen) atoms. The van der Waals surface area contributed by atoms with Gasteiger partial charge in [0, 0.05) is 12.0 Å². The maximum absolute atomic E-state index is 13.5. The minimum Gasteiger partial charge on any atom is -0.507 e. The van der Waals surface area contributed by atoms with E-state index in [4.69, 9.17) is 14.2 Å². The second-order valence-corrected chi connectivity index (χ2v) is 10.7. The number of aliphatic hydroxyl groups excluding tert-OH is 1. The molecule has 10 heteroatoms. The number of amides is 1. The maximum atomic E-state index is 13.5. The molecule has 2 aliphatic heterocycles. The zero-order chi connectivity index (χ0) is 27.7. The van der Waals surface area contributed by atoms with E-state index < -0.39 is 17.7 Å². The third-order valence-electron chi connectivity index (χ3n) is 6.67.